The van der Waals surface area contributed by atoms with Crippen LogP contribution in [0.25, 0.3) is 0 Å². The molecule has 0 aromatic carbocycles. The average Bonchev–Trinajstić information content (AvgIpc) is 2.85. The number of hydrogen-bond acceptors (Lipinski definition) is 3. The molecule has 90 valence electrons. The van der Waals surface area contributed by atoms with Crippen molar-refractivity contribution in [3.8, 4) is 0 Å². The van der Waals surface area contributed by atoms with Gasteiger partial charge in [0.25, 0.3) is 0 Å². The van der Waals surface area contributed by atoms with Crippen molar-refractivity contribution in [2.45, 2.75) is 57.8 Å². The second kappa shape index (κ2) is 5.30. The van der Waals surface area contributed by atoms with E-state index in [9.17, 15) is 0 Å². The van der Waals surface area contributed by atoms with Crippen molar-refractivity contribution >= 4 is 11.3 Å². The van der Waals surface area contributed by atoms with Crippen molar-refractivity contribution in [2.75, 3.05) is 0 Å². The molecule has 1 aliphatic rings. The highest BCUT2D eigenvalue weighted by Gasteiger charge is 2.25. The molecule has 0 bridgehead atoms. The molecule has 2 rings (SSSR count). The van der Waals surface area contributed by atoms with Gasteiger partial charge in [-0.2, -0.15) is 0 Å². The summed E-state index contributed by atoms with van der Waals surface area (Å²) in [5.41, 5.74) is 7.37. The smallest absolute Gasteiger partial charge is 0.107 e. The third-order valence-corrected chi connectivity index (χ3v) is 4.36. The van der Waals surface area contributed by atoms with E-state index in [1.807, 2.05) is 6.92 Å². The summed E-state index contributed by atoms with van der Waals surface area (Å²) in [4.78, 5) is 1.31. The highest BCUT2D eigenvalue weighted by Crippen LogP contribution is 2.33. The summed E-state index contributed by atoms with van der Waals surface area (Å²) in [6, 6.07) is 2.21. The maximum atomic E-state index is 6.18. The first kappa shape index (κ1) is 12.1. The van der Waals surface area contributed by atoms with Crippen molar-refractivity contribution in [2.24, 2.45) is 5.73 Å². The van der Waals surface area contributed by atoms with E-state index in [2.05, 4.69) is 18.4 Å². The van der Waals surface area contributed by atoms with Crippen LogP contribution < -0.4 is 5.73 Å². The van der Waals surface area contributed by atoms with E-state index in [-0.39, 0.29) is 12.1 Å². The molecule has 0 aliphatic heterocycles. The fraction of sp³-hybridized carbons (Fsp3) is 0.692. The second-order valence-electron chi connectivity index (χ2n) is 4.79. The number of hydrogen-bond donors (Lipinski definition) is 1. The summed E-state index contributed by atoms with van der Waals surface area (Å²) >= 11 is 1.76. The molecule has 3 heteroatoms. The van der Waals surface area contributed by atoms with E-state index in [1.54, 1.807) is 11.3 Å². The molecule has 0 radical (unpaired) electrons. The standard InChI is InChI=1S/C13H21NOS/c1-9-7-8-16-13(9)12(10(2)14)15-11-5-3-4-6-11/h7-8,10-12H,3-6,14H2,1-2H3. The van der Waals surface area contributed by atoms with Gasteiger partial charge in [0.15, 0.2) is 0 Å². The van der Waals surface area contributed by atoms with Crippen LogP contribution in [0.5, 0.6) is 0 Å². The monoisotopic (exact) mass is 239 g/mol. The minimum absolute atomic E-state index is 0.0675. The Balaban J connectivity index is 2.08. The lowest BCUT2D eigenvalue weighted by molar-refractivity contribution is -0.0185. The van der Waals surface area contributed by atoms with Crippen LogP contribution in [-0.4, -0.2) is 12.1 Å². The summed E-state index contributed by atoms with van der Waals surface area (Å²) in [5, 5.41) is 2.12. The molecule has 1 aliphatic carbocycles. The van der Waals surface area contributed by atoms with E-state index in [4.69, 9.17) is 10.5 Å². The Labute approximate surface area is 102 Å². The quantitative estimate of drug-likeness (QED) is 0.874. The zero-order valence-corrected chi connectivity index (χ0v) is 10.9. The third-order valence-electron chi connectivity index (χ3n) is 3.28. The molecular weight excluding hydrogens is 218 g/mol. The summed E-state index contributed by atoms with van der Waals surface area (Å²) in [5.74, 6) is 0. The summed E-state index contributed by atoms with van der Waals surface area (Å²) in [6.07, 6.45) is 5.53. The summed E-state index contributed by atoms with van der Waals surface area (Å²) < 4.78 is 6.18. The average molecular weight is 239 g/mol. The molecule has 0 amide bonds. The van der Waals surface area contributed by atoms with Gasteiger partial charge in [-0.3, -0.25) is 0 Å². The molecule has 1 aromatic heterocycles. The van der Waals surface area contributed by atoms with E-state index >= 15 is 0 Å². The van der Waals surface area contributed by atoms with Gasteiger partial charge < -0.3 is 10.5 Å². The lowest BCUT2D eigenvalue weighted by atomic mass is 10.1. The Kier molecular flexibility index (Phi) is 4.00. The topological polar surface area (TPSA) is 35.2 Å². The number of nitrogens with two attached hydrogens (primary N) is 1. The predicted octanol–water partition coefficient (Wildman–Crippen LogP) is 3.40. The van der Waals surface area contributed by atoms with Crippen molar-refractivity contribution in [1.82, 2.24) is 0 Å². The molecule has 16 heavy (non-hydrogen) atoms. The highest BCUT2D eigenvalue weighted by molar-refractivity contribution is 7.10. The fourth-order valence-corrected chi connectivity index (χ4v) is 3.41. The number of rotatable bonds is 4. The summed E-state index contributed by atoms with van der Waals surface area (Å²) in [7, 11) is 0. The van der Waals surface area contributed by atoms with Crippen LogP contribution in [0.1, 0.15) is 49.2 Å². The van der Waals surface area contributed by atoms with Crippen LogP contribution in [0, 0.1) is 6.92 Å². The number of thiophene rings is 1. The van der Waals surface area contributed by atoms with E-state index in [0.29, 0.717) is 6.10 Å². The van der Waals surface area contributed by atoms with Crippen LogP contribution in [-0.2, 0) is 4.74 Å². The molecule has 1 aromatic rings. The van der Waals surface area contributed by atoms with E-state index in [1.165, 1.54) is 36.1 Å². The number of ether oxygens (including phenoxy) is 1. The first-order valence-corrected chi connectivity index (χ1v) is 7.01. The first-order valence-electron chi connectivity index (χ1n) is 6.13. The molecule has 2 nitrogen and oxygen atoms in total. The van der Waals surface area contributed by atoms with Crippen LogP contribution in [0.4, 0.5) is 0 Å². The maximum absolute atomic E-state index is 6.18. The van der Waals surface area contributed by atoms with Crippen LogP contribution in [0.2, 0.25) is 0 Å². The van der Waals surface area contributed by atoms with E-state index < -0.39 is 0 Å². The van der Waals surface area contributed by atoms with Crippen molar-refractivity contribution in [3.05, 3.63) is 21.9 Å². The molecule has 1 fully saturated rings. The maximum Gasteiger partial charge on any atom is 0.107 e. The number of aryl methyl sites for hydroxylation is 1. The summed E-state index contributed by atoms with van der Waals surface area (Å²) in [6.45, 7) is 4.18. The van der Waals surface area contributed by atoms with Gasteiger partial charge in [-0.25, -0.2) is 0 Å². The van der Waals surface area contributed by atoms with Crippen LogP contribution in [0.3, 0.4) is 0 Å². The zero-order chi connectivity index (χ0) is 11.5. The van der Waals surface area contributed by atoms with Gasteiger partial charge in [0.1, 0.15) is 6.10 Å². The van der Waals surface area contributed by atoms with Crippen LogP contribution >= 0.6 is 11.3 Å². The molecular formula is C13H21NOS. The van der Waals surface area contributed by atoms with Gasteiger partial charge in [0.2, 0.25) is 0 Å². The molecule has 2 atom stereocenters. The van der Waals surface area contributed by atoms with Gasteiger partial charge in [-0.15, -0.1) is 11.3 Å². The predicted molar refractivity (Wildman–Crippen MR) is 68.8 cm³/mol. The molecule has 2 unspecified atom stereocenters. The Morgan fingerprint density at radius 3 is 2.62 bits per heavy atom. The van der Waals surface area contributed by atoms with Crippen LogP contribution in [0.15, 0.2) is 11.4 Å². The van der Waals surface area contributed by atoms with Gasteiger partial charge in [0.05, 0.1) is 6.10 Å². The minimum atomic E-state index is 0.0675. The molecule has 0 spiro atoms. The van der Waals surface area contributed by atoms with Gasteiger partial charge in [0, 0.05) is 10.9 Å². The Morgan fingerprint density at radius 2 is 2.12 bits per heavy atom. The van der Waals surface area contributed by atoms with E-state index in [0.717, 1.165) is 0 Å². The van der Waals surface area contributed by atoms with Gasteiger partial charge >= 0.3 is 0 Å². The fourth-order valence-electron chi connectivity index (χ4n) is 2.33. The van der Waals surface area contributed by atoms with Gasteiger partial charge in [-0.05, 0) is 43.7 Å². The zero-order valence-electron chi connectivity index (χ0n) is 10.1. The molecule has 2 N–H and O–H groups in total. The normalized spacial score (nSPS) is 21.2. The molecule has 0 saturated heterocycles. The SMILES string of the molecule is Cc1ccsc1C(OC1CCCC1)C(C)N. The largest absolute Gasteiger partial charge is 0.368 e. The first-order chi connectivity index (χ1) is 7.68. The molecule has 1 heterocycles. The Hall–Kier alpha value is -0.380. The Morgan fingerprint density at radius 1 is 1.44 bits per heavy atom. The second-order valence-corrected chi connectivity index (χ2v) is 5.74. The third kappa shape index (κ3) is 2.65. The highest BCUT2D eigenvalue weighted by atomic mass is 32.1. The van der Waals surface area contributed by atoms with Crippen molar-refractivity contribution < 1.29 is 4.74 Å². The lowest BCUT2D eigenvalue weighted by Crippen LogP contribution is -2.29. The lowest BCUT2D eigenvalue weighted by Gasteiger charge is -2.25. The molecule has 1 saturated carbocycles. The van der Waals surface area contributed by atoms with Crippen molar-refractivity contribution in [3.63, 3.8) is 0 Å². The Bertz CT molecular complexity index is 328. The van der Waals surface area contributed by atoms with Gasteiger partial charge in [-0.1, -0.05) is 12.8 Å². The minimum Gasteiger partial charge on any atom is -0.368 e. The van der Waals surface area contributed by atoms with Crippen molar-refractivity contribution in [1.29, 1.82) is 0 Å².